The summed E-state index contributed by atoms with van der Waals surface area (Å²) in [7, 11) is 4.53. The van der Waals surface area contributed by atoms with E-state index in [9.17, 15) is 9.59 Å². The number of aryl methyl sites for hydroxylation is 1. The number of hydrogen-bond donors (Lipinski definition) is 3. The van der Waals surface area contributed by atoms with Gasteiger partial charge in [-0.15, -0.1) is 0 Å². The Hall–Kier alpha value is -3.49. The van der Waals surface area contributed by atoms with Gasteiger partial charge in [0.15, 0.2) is 17.2 Å². The predicted octanol–water partition coefficient (Wildman–Crippen LogP) is 2.14. The molecule has 28 heavy (non-hydrogen) atoms. The predicted molar refractivity (Wildman–Crippen MR) is 105 cm³/mol. The molecule has 0 radical (unpaired) electrons. The molecule has 1 heterocycles. The molecule has 0 fully saturated rings. The molecule has 0 aliphatic rings. The number of aromatic nitrogens is 2. The Kier molecular flexibility index (Phi) is 7.02. The van der Waals surface area contributed by atoms with E-state index in [4.69, 9.17) is 19.9 Å². The number of hydrogen-bond acceptors (Lipinski definition) is 6. The van der Waals surface area contributed by atoms with Gasteiger partial charge in [0.05, 0.1) is 32.7 Å². The highest BCUT2D eigenvalue weighted by atomic mass is 16.5. The van der Waals surface area contributed by atoms with E-state index in [1.807, 2.05) is 6.92 Å². The topological polar surface area (TPSA) is 129 Å². The molecule has 0 aliphatic heterocycles. The Balaban J connectivity index is 2.25. The van der Waals surface area contributed by atoms with E-state index < -0.39 is 11.8 Å². The third-order valence-corrected chi connectivity index (χ3v) is 3.94. The van der Waals surface area contributed by atoms with E-state index >= 15 is 0 Å². The zero-order chi connectivity index (χ0) is 20.7. The second-order valence-electron chi connectivity index (χ2n) is 5.82. The van der Waals surface area contributed by atoms with Crippen molar-refractivity contribution in [2.45, 2.75) is 19.8 Å². The summed E-state index contributed by atoms with van der Waals surface area (Å²) in [6, 6.07) is 3.42. The van der Waals surface area contributed by atoms with Gasteiger partial charge >= 0.3 is 0 Å². The number of carbonyl (C=O) groups is 2. The Bertz CT molecular complexity index is 863. The lowest BCUT2D eigenvalue weighted by atomic mass is 10.1. The van der Waals surface area contributed by atoms with Crippen molar-refractivity contribution in [3.8, 4) is 17.2 Å². The molecule has 4 N–H and O–H groups in total. The molecule has 0 aliphatic carbocycles. The second kappa shape index (κ2) is 9.45. The summed E-state index contributed by atoms with van der Waals surface area (Å²) in [5.41, 5.74) is 6.94. The number of H-pyrrole nitrogens is 1. The number of ether oxygens (including phenoxy) is 3. The maximum Gasteiger partial charge on any atom is 0.271 e. The van der Waals surface area contributed by atoms with E-state index in [0.29, 0.717) is 40.6 Å². The van der Waals surface area contributed by atoms with Crippen LogP contribution in [-0.2, 0) is 11.2 Å². The highest BCUT2D eigenvalue weighted by Crippen LogP contribution is 2.38. The average molecular weight is 388 g/mol. The third kappa shape index (κ3) is 4.61. The maximum absolute atomic E-state index is 12.4. The summed E-state index contributed by atoms with van der Waals surface area (Å²) in [4.78, 5) is 23.9. The number of nitrogens with zero attached hydrogens (tertiary/aromatic N) is 1. The van der Waals surface area contributed by atoms with Crippen molar-refractivity contribution in [1.82, 2.24) is 10.2 Å². The molecule has 2 rings (SSSR count). The molecule has 2 amide bonds. The van der Waals surface area contributed by atoms with Crippen LogP contribution in [0.5, 0.6) is 17.2 Å². The van der Waals surface area contributed by atoms with E-state index in [1.54, 1.807) is 18.2 Å². The number of aromatic amines is 1. The monoisotopic (exact) mass is 388 g/mol. The van der Waals surface area contributed by atoms with Gasteiger partial charge in [-0.3, -0.25) is 14.7 Å². The van der Waals surface area contributed by atoms with Crippen LogP contribution >= 0.6 is 0 Å². The van der Waals surface area contributed by atoms with Crippen LogP contribution in [0.4, 0.5) is 5.69 Å². The van der Waals surface area contributed by atoms with Crippen molar-refractivity contribution in [3.05, 3.63) is 35.2 Å². The van der Waals surface area contributed by atoms with E-state index in [2.05, 4.69) is 15.5 Å². The van der Waals surface area contributed by atoms with Gasteiger partial charge in [0.1, 0.15) is 0 Å². The SMILES string of the molecule is CCCc1[nH]nc(C(N)=O)c1NC(=O)/C=C/c1cc(OC)c(OC)c(OC)c1. The Labute approximate surface area is 162 Å². The van der Waals surface area contributed by atoms with Gasteiger partial charge in [-0.05, 0) is 30.2 Å². The lowest BCUT2D eigenvalue weighted by Gasteiger charge is -2.12. The third-order valence-electron chi connectivity index (χ3n) is 3.94. The van der Waals surface area contributed by atoms with Gasteiger partial charge in [0.25, 0.3) is 5.91 Å². The number of carbonyl (C=O) groups excluding carboxylic acids is 2. The minimum absolute atomic E-state index is 0.00186. The molecule has 0 bridgehead atoms. The summed E-state index contributed by atoms with van der Waals surface area (Å²) < 4.78 is 15.9. The van der Waals surface area contributed by atoms with Crippen LogP contribution in [0.15, 0.2) is 18.2 Å². The minimum Gasteiger partial charge on any atom is -0.493 e. The first-order valence-corrected chi connectivity index (χ1v) is 8.61. The van der Waals surface area contributed by atoms with Crippen LogP contribution in [-0.4, -0.2) is 43.3 Å². The van der Waals surface area contributed by atoms with Crippen LogP contribution in [0.2, 0.25) is 0 Å². The van der Waals surface area contributed by atoms with Crippen molar-refractivity contribution in [2.75, 3.05) is 26.6 Å². The number of benzene rings is 1. The molecule has 0 spiro atoms. The zero-order valence-corrected chi connectivity index (χ0v) is 16.3. The lowest BCUT2D eigenvalue weighted by Crippen LogP contribution is -2.17. The fraction of sp³-hybridized carbons (Fsp3) is 0.316. The molecule has 0 atom stereocenters. The maximum atomic E-state index is 12.4. The van der Waals surface area contributed by atoms with Gasteiger partial charge < -0.3 is 25.3 Å². The summed E-state index contributed by atoms with van der Waals surface area (Å²) in [6.45, 7) is 1.97. The van der Waals surface area contributed by atoms with E-state index in [1.165, 1.54) is 27.4 Å². The molecular formula is C19H24N4O5. The normalized spacial score (nSPS) is 10.7. The minimum atomic E-state index is -0.720. The van der Waals surface area contributed by atoms with Crippen molar-refractivity contribution in [3.63, 3.8) is 0 Å². The fourth-order valence-electron chi connectivity index (χ4n) is 2.66. The molecule has 9 nitrogen and oxygen atoms in total. The van der Waals surface area contributed by atoms with E-state index in [-0.39, 0.29) is 5.69 Å². The summed E-state index contributed by atoms with van der Waals surface area (Å²) in [5, 5.41) is 9.29. The number of anilines is 1. The van der Waals surface area contributed by atoms with Crippen molar-refractivity contribution in [1.29, 1.82) is 0 Å². The standard InChI is InChI=1S/C19H24N4O5/c1-5-6-12-16(17(19(20)25)23-22-12)21-15(24)8-7-11-9-13(26-2)18(28-4)14(10-11)27-3/h7-10H,5-6H2,1-4H3,(H2,20,25)(H,21,24)(H,22,23)/b8-7+. The number of methoxy groups -OCH3 is 3. The Morgan fingerprint density at radius 2 is 1.82 bits per heavy atom. The second-order valence-corrected chi connectivity index (χ2v) is 5.82. The summed E-state index contributed by atoms with van der Waals surface area (Å²) in [6.07, 6.45) is 4.34. The van der Waals surface area contributed by atoms with Crippen LogP contribution in [0.25, 0.3) is 6.08 Å². The number of nitrogens with two attached hydrogens (primary N) is 1. The van der Waals surface area contributed by atoms with Gasteiger partial charge in [-0.1, -0.05) is 13.3 Å². The quantitative estimate of drug-likeness (QED) is 0.565. The zero-order valence-electron chi connectivity index (χ0n) is 16.3. The molecule has 0 saturated heterocycles. The van der Waals surface area contributed by atoms with Crippen LogP contribution in [0.1, 0.15) is 35.1 Å². The smallest absolute Gasteiger partial charge is 0.271 e. The van der Waals surface area contributed by atoms with Gasteiger partial charge in [-0.25, -0.2) is 0 Å². The molecule has 0 unspecified atom stereocenters. The summed E-state index contributed by atoms with van der Waals surface area (Å²) >= 11 is 0. The van der Waals surface area contributed by atoms with Crippen LogP contribution in [0.3, 0.4) is 0 Å². The highest BCUT2D eigenvalue weighted by Gasteiger charge is 2.18. The first-order valence-electron chi connectivity index (χ1n) is 8.61. The van der Waals surface area contributed by atoms with Crippen LogP contribution in [0, 0.1) is 0 Å². The largest absolute Gasteiger partial charge is 0.493 e. The first-order chi connectivity index (χ1) is 13.4. The summed E-state index contributed by atoms with van der Waals surface area (Å²) in [5.74, 6) is 0.244. The average Bonchev–Trinajstić information content (AvgIpc) is 3.08. The van der Waals surface area contributed by atoms with Gasteiger partial charge in [0.2, 0.25) is 11.7 Å². The van der Waals surface area contributed by atoms with Crippen molar-refractivity contribution >= 4 is 23.6 Å². The highest BCUT2D eigenvalue weighted by molar-refractivity contribution is 6.07. The van der Waals surface area contributed by atoms with Crippen molar-refractivity contribution < 1.29 is 23.8 Å². The van der Waals surface area contributed by atoms with Gasteiger partial charge in [0, 0.05) is 6.08 Å². The number of amides is 2. The molecule has 2 aromatic rings. The number of nitrogens with one attached hydrogen (secondary N) is 2. The molecule has 9 heteroatoms. The molecule has 1 aromatic heterocycles. The molecule has 0 saturated carbocycles. The number of primary amides is 1. The molecule has 150 valence electrons. The van der Waals surface area contributed by atoms with Gasteiger partial charge in [-0.2, -0.15) is 5.10 Å². The molecule has 1 aromatic carbocycles. The van der Waals surface area contributed by atoms with E-state index in [0.717, 1.165) is 6.42 Å². The fourth-order valence-corrected chi connectivity index (χ4v) is 2.66. The van der Waals surface area contributed by atoms with Crippen molar-refractivity contribution in [2.24, 2.45) is 5.73 Å². The van der Waals surface area contributed by atoms with Crippen LogP contribution < -0.4 is 25.3 Å². The lowest BCUT2D eigenvalue weighted by molar-refractivity contribution is -0.111. The Morgan fingerprint density at radius 3 is 2.32 bits per heavy atom. The first kappa shape index (κ1) is 20.8. The molecular weight excluding hydrogens is 364 g/mol. The number of rotatable bonds is 9. The Morgan fingerprint density at radius 1 is 1.18 bits per heavy atom.